The van der Waals surface area contributed by atoms with Crippen LogP contribution in [0.15, 0.2) is 41.8 Å². The zero-order chi connectivity index (χ0) is 19.3. The third kappa shape index (κ3) is 2.51. The van der Waals surface area contributed by atoms with Gasteiger partial charge in [-0.05, 0) is 35.7 Å². The molecule has 3 heterocycles. The van der Waals surface area contributed by atoms with Crippen molar-refractivity contribution in [1.82, 2.24) is 0 Å². The molecule has 6 nitrogen and oxygen atoms in total. The summed E-state index contributed by atoms with van der Waals surface area (Å²) in [7, 11) is 1.27. The van der Waals surface area contributed by atoms with E-state index in [4.69, 9.17) is 4.74 Å². The highest BCUT2D eigenvalue weighted by Crippen LogP contribution is 2.46. The van der Waals surface area contributed by atoms with Gasteiger partial charge in [0.15, 0.2) is 0 Å². The van der Waals surface area contributed by atoms with Gasteiger partial charge in [-0.3, -0.25) is 9.59 Å². The van der Waals surface area contributed by atoms with Crippen molar-refractivity contribution >= 4 is 34.8 Å². The first-order valence-corrected chi connectivity index (χ1v) is 9.37. The molecule has 0 bridgehead atoms. The number of nitrogens with zero attached hydrogens (tertiary/aromatic N) is 1. The minimum atomic E-state index is -1.21. The Morgan fingerprint density at radius 2 is 1.93 bits per heavy atom. The normalized spacial score (nSPS) is 29.9. The first-order valence-electron chi connectivity index (χ1n) is 8.49. The van der Waals surface area contributed by atoms with Gasteiger partial charge < -0.3 is 10.1 Å². The van der Waals surface area contributed by atoms with Crippen molar-refractivity contribution in [3.63, 3.8) is 0 Å². The van der Waals surface area contributed by atoms with E-state index in [1.165, 1.54) is 42.7 Å². The number of benzene rings is 1. The zero-order valence-electron chi connectivity index (χ0n) is 14.7. The molecule has 0 saturated carbocycles. The molecule has 0 spiro atoms. The molecule has 4 rings (SSSR count). The molecule has 2 aromatic rings. The number of nitrogens with two attached hydrogens (primary N) is 1. The number of carbonyl (C=O) groups excluding carboxylic acids is 3. The summed E-state index contributed by atoms with van der Waals surface area (Å²) in [5, 5.41) is 3.67. The van der Waals surface area contributed by atoms with Crippen LogP contribution < -0.4 is 10.2 Å². The highest BCUT2D eigenvalue weighted by atomic mass is 32.1. The Bertz CT molecular complexity index is 914. The van der Waals surface area contributed by atoms with Gasteiger partial charge in [-0.25, -0.2) is 14.1 Å². The number of esters is 1. The van der Waals surface area contributed by atoms with Gasteiger partial charge in [0, 0.05) is 6.92 Å². The van der Waals surface area contributed by atoms with Crippen LogP contribution >= 0.6 is 11.3 Å². The van der Waals surface area contributed by atoms with Crippen molar-refractivity contribution in [3.8, 4) is 0 Å². The molecular weight excluding hydrogens is 371 g/mol. The summed E-state index contributed by atoms with van der Waals surface area (Å²) in [5.41, 5.74) is -0.909. The van der Waals surface area contributed by atoms with Crippen molar-refractivity contribution in [2.24, 2.45) is 11.8 Å². The molecule has 8 heteroatoms. The molecule has 0 aliphatic carbocycles. The zero-order valence-corrected chi connectivity index (χ0v) is 15.5. The molecule has 2 amide bonds. The van der Waals surface area contributed by atoms with Crippen LogP contribution in [0.5, 0.6) is 0 Å². The summed E-state index contributed by atoms with van der Waals surface area (Å²) >= 11 is 1.48. The van der Waals surface area contributed by atoms with E-state index < -0.39 is 35.1 Å². The molecule has 4 atom stereocenters. The van der Waals surface area contributed by atoms with E-state index in [0.29, 0.717) is 5.69 Å². The summed E-state index contributed by atoms with van der Waals surface area (Å²) in [6.07, 6.45) is 0. The molecule has 2 N–H and O–H groups in total. The minimum Gasteiger partial charge on any atom is -0.464 e. The van der Waals surface area contributed by atoms with Gasteiger partial charge in [0.05, 0.1) is 17.7 Å². The number of ether oxygens (including phenoxy) is 1. The van der Waals surface area contributed by atoms with Crippen molar-refractivity contribution < 1.29 is 28.8 Å². The predicted molar refractivity (Wildman–Crippen MR) is 95.3 cm³/mol. The number of thiophene rings is 1. The van der Waals surface area contributed by atoms with Crippen molar-refractivity contribution in [3.05, 3.63) is 52.5 Å². The molecular formula is C19H18FN2O4S+. The maximum atomic E-state index is 13.3. The second kappa shape index (κ2) is 6.24. The van der Waals surface area contributed by atoms with Crippen LogP contribution in [-0.4, -0.2) is 30.4 Å². The summed E-state index contributed by atoms with van der Waals surface area (Å²) in [6, 6.07) is 8.59. The van der Waals surface area contributed by atoms with Crippen LogP contribution in [-0.2, 0) is 19.1 Å². The van der Waals surface area contributed by atoms with Crippen LogP contribution in [0.4, 0.5) is 10.1 Å². The maximum absolute atomic E-state index is 13.3. The SMILES string of the molecule is COC(=O)[C@@]1(C)[NH2+][C@@H](c2cccs2)[C@H]2C(=O)N(c3ccc(F)cc3)C(=O)[C@@H]21. The Morgan fingerprint density at radius 1 is 1.22 bits per heavy atom. The topological polar surface area (TPSA) is 80.3 Å². The summed E-state index contributed by atoms with van der Waals surface area (Å²) in [6.45, 7) is 1.64. The molecule has 2 fully saturated rings. The number of halogens is 1. The van der Waals surface area contributed by atoms with Crippen molar-refractivity contribution in [1.29, 1.82) is 0 Å². The van der Waals surface area contributed by atoms with E-state index in [2.05, 4.69) is 0 Å². The quantitative estimate of drug-likeness (QED) is 0.633. The number of hydrogen-bond acceptors (Lipinski definition) is 5. The van der Waals surface area contributed by atoms with E-state index in [9.17, 15) is 18.8 Å². The van der Waals surface area contributed by atoms with Gasteiger partial charge in [-0.1, -0.05) is 6.07 Å². The Kier molecular flexibility index (Phi) is 4.12. The largest absolute Gasteiger partial charge is 0.464 e. The van der Waals surface area contributed by atoms with E-state index in [1.807, 2.05) is 17.5 Å². The number of rotatable bonds is 3. The number of methoxy groups -OCH3 is 1. The monoisotopic (exact) mass is 389 g/mol. The Hall–Kier alpha value is -2.58. The minimum absolute atomic E-state index is 0.304. The Balaban J connectivity index is 1.81. The van der Waals surface area contributed by atoms with Crippen LogP contribution in [0.3, 0.4) is 0 Å². The number of hydrogen-bond donors (Lipinski definition) is 1. The number of amides is 2. The highest BCUT2D eigenvalue weighted by molar-refractivity contribution is 7.10. The lowest BCUT2D eigenvalue weighted by atomic mass is 9.81. The van der Waals surface area contributed by atoms with Crippen molar-refractivity contribution in [2.45, 2.75) is 18.5 Å². The van der Waals surface area contributed by atoms with Crippen LogP contribution in [0, 0.1) is 17.7 Å². The Labute approximate surface area is 158 Å². The molecule has 2 saturated heterocycles. The fourth-order valence-electron chi connectivity index (χ4n) is 4.26. The standard InChI is InChI=1S/C19H17FN2O4S/c1-19(18(25)26-2)14-13(15(21-19)12-4-3-9-27-12)16(23)22(17(14)24)11-7-5-10(20)6-8-11/h3-9,13-15,21H,1-2H3/p+1/t13-,14+,15-,19-/m0/s1. The molecule has 1 aromatic heterocycles. The molecule has 0 radical (unpaired) electrons. The number of fused-ring (bicyclic) bond motifs is 1. The maximum Gasteiger partial charge on any atom is 0.368 e. The molecule has 2 aliphatic rings. The number of anilines is 1. The summed E-state index contributed by atoms with van der Waals surface area (Å²) < 4.78 is 18.2. The van der Waals surface area contributed by atoms with Gasteiger partial charge in [-0.15, -0.1) is 11.3 Å². The van der Waals surface area contributed by atoms with E-state index in [-0.39, 0.29) is 11.9 Å². The van der Waals surface area contributed by atoms with E-state index in [1.54, 1.807) is 12.2 Å². The lowest BCUT2D eigenvalue weighted by molar-refractivity contribution is -0.730. The summed E-state index contributed by atoms with van der Waals surface area (Å²) in [5.74, 6) is -3.38. The second-order valence-corrected chi connectivity index (χ2v) is 7.95. The van der Waals surface area contributed by atoms with E-state index in [0.717, 1.165) is 9.78 Å². The van der Waals surface area contributed by atoms with Gasteiger partial charge in [0.1, 0.15) is 23.7 Å². The predicted octanol–water partition coefficient (Wildman–Crippen LogP) is 1.24. The lowest BCUT2D eigenvalue weighted by Gasteiger charge is -2.25. The van der Waals surface area contributed by atoms with Gasteiger partial charge >= 0.3 is 5.97 Å². The number of quaternary nitrogens is 1. The molecule has 0 unspecified atom stereocenters. The second-order valence-electron chi connectivity index (χ2n) is 6.97. The third-order valence-corrected chi connectivity index (χ3v) is 6.47. The van der Waals surface area contributed by atoms with E-state index >= 15 is 0 Å². The fraction of sp³-hybridized carbons (Fsp3) is 0.316. The van der Waals surface area contributed by atoms with Gasteiger partial charge in [0.2, 0.25) is 17.4 Å². The van der Waals surface area contributed by atoms with Crippen LogP contribution in [0.2, 0.25) is 0 Å². The molecule has 2 aliphatic heterocycles. The average molecular weight is 389 g/mol. The molecule has 1 aromatic carbocycles. The Morgan fingerprint density at radius 3 is 2.52 bits per heavy atom. The first kappa shape index (κ1) is 17.8. The van der Waals surface area contributed by atoms with Crippen molar-refractivity contribution in [2.75, 3.05) is 12.0 Å². The van der Waals surface area contributed by atoms with Crippen LogP contribution in [0.1, 0.15) is 17.8 Å². The lowest BCUT2D eigenvalue weighted by Crippen LogP contribution is -2.97. The highest BCUT2D eigenvalue weighted by Gasteiger charge is 2.71. The van der Waals surface area contributed by atoms with Gasteiger partial charge in [0.25, 0.3) is 0 Å². The number of imide groups is 1. The smallest absolute Gasteiger partial charge is 0.368 e. The first-order chi connectivity index (χ1) is 12.9. The van der Waals surface area contributed by atoms with Crippen LogP contribution in [0.25, 0.3) is 0 Å². The fourth-order valence-corrected chi connectivity index (χ4v) is 5.11. The average Bonchev–Trinajstić information content (AvgIpc) is 3.34. The summed E-state index contributed by atoms with van der Waals surface area (Å²) in [4.78, 5) is 41.0. The number of carbonyl (C=O) groups is 3. The third-order valence-electron chi connectivity index (χ3n) is 5.49. The van der Waals surface area contributed by atoms with Gasteiger partial charge in [-0.2, -0.15) is 0 Å². The molecule has 27 heavy (non-hydrogen) atoms. The molecule has 140 valence electrons.